The molecule has 0 bridgehead atoms. The van der Waals surface area contributed by atoms with E-state index in [0.29, 0.717) is 18.4 Å². The van der Waals surface area contributed by atoms with Crippen molar-refractivity contribution in [3.8, 4) is 0 Å². The summed E-state index contributed by atoms with van der Waals surface area (Å²) in [5, 5.41) is 0. The highest BCUT2D eigenvalue weighted by Crippen LogP contribution is 2.42. The summed E-state index contributed by atoms with van der Waals surface area (Å²) in [7, 11) is 0. The Hall–Kier alpha value is -1.20. The van der Waals surface area contributed by atoms with Gasteiger partial charge in [0.2, 0.25) is 0 Å². The molecule has 1 fully saturated rings. The van der Waals surface area contributed by atoms with E-state index in [1.807, 2.05) is 13.8 Å². The van der Waals surface area contributed by atoms with E-state index in [-0.39, 0.29) is 6.10 Å². The molecular formula is C14H24N4O. The van der Waals surface area contributed by atoms with Gasteiger partial charge in [0, 0.05) is 17.9 Å². The van der Waals surface area contributed by atoms with Crippen molar-refractivity contribution in [1.29, 1.82) is 0 Å². The average Bonchev–Trinajstić information content (AvgIpc) is 3.18. The Morgan fingerprint density at radius 3 is 2.53 bits per heavy atom. The third kappa shape index (κ3) is 3.04. The maximum absolute atomic E-state index is 5.81. The predicted molar refractivity (Wildman–Crippen MR) is 75.8 cm³/mol. The van der Waals surface area contributed by atoms with Crippen molar-refractivity contribution in [2.45, 2.75) is 52.6 Å². The Kier molecular flexibility index (Phi) is 4.37. The third-order valence-corrected chi connectivity index (χ3v) is 3.52. The van der Waals surface area contributed by atoms with Gasteiger partial charge in [-0.15, -0.1) is 0 Å². The van der Waals surface area contributed by atoms with E-state index in [1.54, 1.807) is 0 Å². The van der Waals surface area contributed by atoms with Crippen LogP contribution in [0.4, 0.5) is 5.82 Å². The number of aryl methyl sites for hydroxylation is 1. The Morgan fingerprint density at radius 2 is 2.05 bits per heavy atom. The van der Waals surface area contributed by atoms with Gasteiger partial charge < -0.3 is 10.2 Å². The van der Waals surface area contributed by atoms with Gasteiger partial charge >= 0.3 is 0 Å². The van der Waals surface area contributed by atoms with Crippen LogP contribution in [0, 0.1) is 12.8 Å². The Labute approximate surface area is 114 Å². The molecule has 1 aliphatic rings. The van der Waals surface area contributed by atoms with Crippen molar-refractivity contribution in [2.24, 2.45) is 11.8 Å². The van der Waals surface area contributed by atoms with Crippen LogP contribution in [0.5, 0.6) is 0 Å². The zero-order valence-corrected chi connectivity index (χ0v) is 12.2. The first-order chi connectivity index (χ1) is 9.08. The van der Waals surface area contributed by atoms with Gasteiger partial charge in [-0.25, -0.2) is 15.8 Å². The molecule has 2 rings (SSSR count). The first-order valence-corrected chi connectivity index (χ1v) is 7.05. The van der Waals surface area contributed by atoms with Crippen molar-refractivity contribution in [2.75, 3.05) is 12.0 Å². The standard InChI is InChI=1S/C14H24N4O/c1-5-19-12(10-6-7-10)14-16-9(4)11(8(2)3)13(17-14)18-15/h8,10,12H,5-7,15H2,1-4H3,(H,16,17,18). The van der Waals surface area contributed by atoms with Crippen LogP contribution in [0.2, 0.25) is 0 Å². The summed E-state index contributed by atoms with van der Waals surface area (Å²) in [5.41, 5.74) is 4.77. The second-order valence-electron chi connectivity index (χ2n) is 5.44. The van der Waals surface area contributed by atoms with Crippen LogP contribution in [0.3, 0.4) is 0 Å². The minimum atomic E-state index is 0.0111. The fraction of sp³-hybridized carbons (Fsp3) is 0.714. The van der Waals surface area contributed by atoms with E-state index in [9.17, 15) is 0 Å². The smallest absolute Gasteiger partial charge is 0.160 e. The molecule has 1 heterocycles. The summed E-state index contributed by atoms with van der Waals surface area (Å²) in [6.07, 6.45) is 2.41. The maximum atomic E-state index is 5.81. The zero-order chi connectivity index (χ0) is 14.0. The summed E-state index contributed by atoms with van der Waals surface area (Å²) in [5.74, 6) is 8.00. The molecule has 1 saturated carbocycles. The van der Waals surface area contributed by atoms with Crippen LogP contribution < -0.4 is 11.3 Å². The Morgan fingerprint density at radius 1 is 1.37 bits per heavy atom. The monoisotopic (exact) mass is 264 g/mol. The number of nitrogens with two attached hydrogens (primary N) is 1. The summed E-state index contributed by atoms with van der Waals surface area (Å²) in [4.78, 5) is 9.23. The number of rotatable bonds is 6. The summed E-state index contributed by atoms with van der Waals surface area (Å²) < 4.78 is 5.81. The number of aromatic nitrogens is 2. The van der Waals surface area contributed by atoms with Gasteiger partial charge in [0.25, 0.3) is 0 Å². The number of hydrogen-bond acceptors (Lipinski definition) is 5. The largest absolute Gasteiger partial charge is 0.370 e. The van der Waals surface area contributed by atoms with E-state index in [1.165, 1.54) is 12.8 Å². The normalized spacial score (nSPS) is 16.7. The zero-order valence-electron chi connectivity index (χ0n) is 12.2. The second kappa shape index (κ2) is 5.84. The van der Waals surface area contributed by atoms with Crippen molar-refractivity contribution in [3.63, 3.8) is 0 Å². The van der Waals surface area contributed by atoms with E-state index in [0.717, 1.165) is 22.9 Å². The van der Waals surface area contributed by atoms with E-state index >= 15 is 0 Å². The van der Waals surface area contributed by atoms with Crippen molar-refractivity contribution in [1.82, 2.24) is 9.97 Å². The summed E-state index contributed by atoms with van der Waals surface area (Å²) in [6.45, 7) is 8.94. The first-order valence-electron chi connectivity index (χ1n) is 7.05. The number of nitrogen functional groups attached to an aromatic ring is 1. The quantitative estimate of drug-likeness (QED) is 0.610. The van der Waals surface area contributed by atoms with Gasteiger partial charge in [0.15, 0.2) is 5.82 Å². The molecule has 0 aliphatic heterocycles. The third-order valence-electron chi connectivity index (χ3n) is 3.52. The van der Waals surface area contributed by atoms with E-state index in [2.05, 4.69) is 29.2 Å². The Balaban J connectivity index is 2.38. The molecule has 19 heavy (non-hydrogen) atoms. The summed E-state index contributed by atoms with van der Waals surface area (Å²) in [6, 6.07) is 0. The molecule has 0 radical (unpaired) electrons. The lowest BCUT2D eigenvalue weighted by Crippen LogP contribution is -2.18. The molecule has 106 valence electrons. The van der Waals surface area contributed by atoms with Crippen molar-refractivity contribution < 1.29 is 4.74 Å². The fourth-order valence-corrected chi connectivity index (χ4v) is 2.53. The number of ether oxygens (including phenoxy) is 1. The molecule has 1 aliphatic carbocycles. The molecule has 0 aromatic carbocycles. The molecule has 5 heteroatoms. The first kappa shape index (κ1) is 14.2. The van der Waals surface area contributed by atoms with Gasteiger partial charge in [-0.3, -0.25) is 0 Å². The van der Waals surface area contributed by atoms with Gasteiger partial charge in [-0.2, -0.15) is 0 Å². The molecule has 0 amide bonds. The number of nitrogens with one attached hydrogen (secondary N) is 1. The lowest BCUT2D eigenvalue weighted by molar-refractivity contribution is 0.0400. The lowest BCUT2D eigenvalue weighted by Gasteiger charge is -2.20. The van der Waals surface area contributed by atoms with Crippen LogP contribution in [0.25, 0.3) is 0 Å². The molecule has 3 N–H and O–H groups in total. The van der Waals surface area contributed by atoms with Gasteiger partial charge in [0.05, 0.1) is 0 Å². The number of anilines is 1. The van der Waals surface area contributed by atoms with Crippen LogP contribution in [-0.2, 0) is 4.74 Å². The van der Waals surface area contributed by atoms with Crippen molar-refractivity contribution >= 4 is 5.82 Å². The highest BCUT2D eigenvalue weighted by Gasteiger charge is 2.35. The molecule has 0 spiro atoms. The van der Waals surface area contributed by atoms with Crippen LogP contribution in [0.15, 0.2) is 0 Å². The molecular weight excluding hydrogens is 240 g/mol. The SMILES string of the molecule is CCOC(c1nc(C)c(C(C)C)c(NN)n1)C1CC1. The number of hydrogen-bond donors (Lipinski definition) is 2. The molecule has 1 atom stereocenters. The average molecular weight is 264 g/mol. The van der Waals surface area contributed by atoms with Crippen LogP contribution >= 0.6 is 0 Å². The van der Waals surface area contributed by atoms with Gasteiger partial charge in [-0.1, -0.05) is 13.8 Å². The molecule has 1 aromatic heterocycles. The Bertz CT molecular complexity index is 443. The molecule has 5 nitrogen and oxygen atoms in total. The van der Waals surface area contributed by atoms with Gasteiger partial charge in [-0.05, 0) is 38.5 Å². The molecule has 1 unspecified atom stereocenters. The van der Waals surface area contributed by atoms with Crippen molar-refractivity contribution in [3.05, 3.63) is 17.1 Å². The van der Waals surface area contributed by atoms with E-state index < -0.39 is 0 Å². The highest BCUT2D eigenvalue weighted by atomic mass is 16.5. The molecule has 0 saturated heterocycles. The minimum Gasteiger partial charge on any atom is -0.370 e. The topological polar surface area (TPSA) is 73.1 Å². The highest BCUT2D eigenvalue weighted by molar-refractivity contribution is 5.47. The van der Waals surface area contributed by atoms with E-state index in [4.69, 9.17) is 10.6 Å². The molecule has 1 aromatic rings. The van der Waals surface area contributed by atoms with Gasteiger partial charge in [0.1, 0.15) is 11.9 Å². The minimum absolute atomic E-state index is 0.0111. The van der Waals surface area contributed by atoms with Crippen LogP contribution in [0.1, 0.15) is 62.7 Å². The summed E-state index contributed by atoms with van der Waals surface area (Å²) >= 11 is 0. The number of nitrogens with zero attached hydrogens (tertiary/aromatic N) is 2. The lowest BCUT2D eigenvalue weighted by atomic mass is 10.0. The fourth-order valence-electron chi connectivity index (χ4n) is 2.53. The maximum Gasteiger partial charge on any atom is 0.160 e. The number of hydrazine groups is 1. The second-order valence-corrected chi connectivity index (χ2v) is 5.44. The van der Waals surface area contributed by atoms with Crippen LogP contribution in [-0.4, -0.2) is 16.6 Å². The predicted octanol–water partition coefficient (Wildman–Crippen LogP) is 2.68.